The van der Waals surface area contributed by atoms with Crippen LogP contribution in [-0.4, -0.2) is 9.52 Å². The van der Waals surface area contributed by atoms with Gasteiger partial charge in [0.2, 0.25) is 0 Å². The predicted octanol–water partition coefficient (Wildman–Crippen LogP) is 17.5. The van der Waals surface area contributed by atoms with Crippen LogP contribution in [0.4, 0.5) is 0 Å². The molecular formula is C56H60Cl2SiZr. The van der Waals surface area contributed by atoms with Gasteiger partial charge in [0.25, 0.3) is 0 Å². The van der Waals surface area contributed by atoms with Gasteiger partial charge < -0.3 is 0 Å². The molecule has 0 heterocycles. The van der Waals surface area contributed by atoms with Crippen molar-refractivity contribution in [3.63, 3.8) is 0 Å². The molecule has 0 amide bonds. The molecule has 0 unspecified atom stereocenters. The summed E-state index contributed by atoms with van der Waals surface area (Å²) in [6.45, 7) is 26.2. The average molecular weight is 923 g/mol. The summed E-state index contributed by atoms with van der Waals surface area (Å²) in [5.41, 5.74) is 24.0. The fraction of sp³-hybridized carbons (Fsp3) is 0.250. The molecule has 0 fully saturated rings. The minimum absolute atomic E-state index is 0.826. The van der Waals surface area contributed by atoms with Crippen LogP contribution in [0.25, 0.3) is 66.1 Å². The Balaban J connectivity index is 0.000000201. The number of hydrogen-bond donors (Lipinski definition) is 0. The second-order valence-electron chi connectivity index (χ2n) is 16.5. The quantitative estimate of drug-likeness (QED) is 0.115. The molecule has 0 atom stereocenters. The third-order valence-electron chi connectivity index (χ3n) is 10.8. The van der Waals surface area contributed by atoms with Gasteiger partial charge in [-0.1, -0.05) is 202 Å². The first-order valence-electron chi connectivity index (χ1n) is 21.1. The molecule has 306 valence electrons. The molecule has 0 spiro atoms. The molecule has 0 bridgehead atoms. The van der Waals surface area contributed by atoms with E-state index in [1.165, 1.54) is 122 Å². The second-order valence-corrected chi connectivity index (χ2v) is 21.2. The van der Waals surface area contributed by atoms with Crippen LogP contribution in [0.5, 0.6) is 0 Å². The summed E-state index contributed by atoms with van der Waals surface area (Å²) in [4.78, 5) is 0. The van der Waals surface area contributed by atoms with Gasteiger partial charge in [0.05, 0.1) is 0 Å². The second kappa shape index (κ2) is 21.8. The standard InChI is InChI=1S/2C27H27.C2H6Si.2ClH.Zr/c2*1-6-21-15-26-24(22-11-17(2)9-18(3)12-22)7-8-25(27(26)16-21)23-13-19(4)10-20(5)14-23;1-3-2;;;/h2*7-16H,6H2,1-5H3;1-2H3;2*1H;/q2*-1;;;;+4/p-2. The van der Waals surface area contributed by atoms with E-state index in [0.717, 1.165) is 22.4 Å². The van der Waals surface area contributed by atoms with Crippen molar-refractivity contribution in [3.05, 3.63) is 177 Å². The topological polar surface area (TPSA) is 0 Å². The SMILES string of the molecule is CCc1cc2c(-c3cc(C)cc(C)c3)ccc(-c3cc(C)cc(C)c3)c2[cH-]1.CCc1cc2c(-c3cc(C)cc(C)c3)ccc(-c3cc(C)cc(C)c3)c2[cH-]1.C[Si]C.[Cl][Zr+2][Cl]. The van der Waals surface area contributed by atoms with Gasteiger partial charge >= 0.3 is 37.9 Å². The van der Waals surface area contributed by atoms with Gasteiger partial charge in [-0.3, -0.25) is 0 Å². The number of halogens is 2. The van der Waals surface area contributed by atoms with E-state index in [2.05, 4.69) is 204 Å². The van der Waals surface area contributed by atoms with Crippen molar-refractivity contribution in [1.29, 1.82) is 0 Å². The van der Waals surface area contributed by atoms with Gasteiger partial charge in [0.15, 0.2) is 0 Å². The van der Waals surface area contributed by atoms with Gasteiger partial charge in [-0.05, 0) is 79.4 Å². The average Bonchev–Trinajstić information content (AvgIpc) is 3.82. The number of rotatable bonds is 6. The molecule has 0 aliphatic carbocycles. The van der Waals surface area contributed by atoms with Crippen LogP contribution in [0.1, 0.15) is 69.5 Å². The number of benzene rings is 6. The van der Waals surface area contributed by atoms with Crippen molar-refractivity contribution in [2.24, 2.45) is 0 Å². The van der Waals surface area contributed by atoms with E-state index in [1.54, 1.807) is 0 Å². The van der Waals surface area contributed by atoms with Gasteiger partial charge in [0.1, 0.15) is 0 Å². The molecule has 60 heavy (non-hydrogen) atoms. The first-order valence-corrected chi connectivity index (χ1v) is 29.4. The van der Waals surface area contributed by atoms with Crippen molar-refractivity contribution in [2.45, 2.75) is 95.2 Å². The van der Waals surface area contributed by atoms with Crippen molar-refractivity contribution in [1.82, 2.24) is 0 Å². The molecule has 8 aromatic rings. The summed E-state index contributed by atoms with van der Waals surface area (Å²) in [7, 11) is 11.0. The zero-order chi connectivity index (χ0) is 43.7. The molecule has 0 N–H and O–H groups in total. The zero-order valence-electron chi connectivity index (χ0n) is 37.7. The Bertz CT molecular complexity index is 2260. The molecule has 8 rings (SSSR count). The summed E-state index contributed by atoms with van der Waals surface area (Å²) in [6.07, 6.45) is 2.13. The van der Waals surface area contributed by atoms with Crippen LogP contribution in [0.3, 0.4) is 0 Å². The fourth-order valence-corrected chi connectivity index (χ4v) is 8.66. The summed E-state index contributed by atoms with van der Waals surface area (Å²) < 4.78 is 0. The fourth-order valence-electron chi connectivity index (χ4n) is 8.66. The molecule has 4 heteroatoms. The van der Waals surface area contributed by atoms with E-state index in [1.807, 2.05) is 0 Å². The molecule has 2 radical (unpaired) electrons. The number of aryl methyl sites for hydroxylation is 10. The van der Waals surface area contributed by atoms with E-state index in [0.29, 0.717) is 0 Å². The van der Waals surface area contributed by atoms with Crippen molar-refractivity contribution in [2.75, 3.05) is 0 Å². The van der Waals surface area contributed by atoms with Crippen LogP contribution in [-0.2, 0) is 33.7 Å². The van der Waals surface area contributed by atoms with E-state index in [4.69, 9.17) is 17.0 Å². The molecule has 0 nitrogen and oxygen atoms in total. The maximum atomic E-state index is 4.93. The van der Waals surface area contributed by atoms with Gasteiger partial charge in [-0.15, -0.1) is 44.8 Å². The zero-order valence-corrected chi connectivity index (χ0v) is 42.7. The van der Waals surface area contributed by atoms with Crippen molar-refractivity contribution < 1.29 is 20.8 Å². The maximum absolute atomic E-state index is 4.93. The van der Waals surface area contributed by atoms with Crippen LogP contribution >= 0.6 is 17.0 Å². The predicted molar refractivity (Wildman–Crippen MR) is 267 cm³/mol. The molecule has 0 saturated heterocycles. The third-order valence-corrected chi connectivity index (χ3v) is 10.8. The third kappa shape index (κ3) is 11.8. The Labute approximate surface area is 382 Å². The first kappa shape index (κ1) is 47.3. The molecule has 8 aromatic carbocycles. The summed E-state index contributed by atoms with van der Waals surface area (Å²) in [5, 5.41) is 5.48. The number of hydrogen-bond acceptors (Lipinski definition) is 0. The van der Waals surface area contributed by atoms with Crippen LogP contribution in [0.2, 0.25) is 13.1 Å². The Hall–Kier alpha value is -3.78. The van der Waals surface area contributed by atoms with Crippen molar-refractivity contribution in [3.8, 4) is 44.5 Å². The Morgan fingerprint density at radius 1 is 0.400 bits per heavy atom. The van der Waals surface area contributed by atoms with E-state index in [9.17, 15) is 0 Å². The van der Waals surface area contributed by atoms with Gasteiger partial charge in [-0.25, -0.2) is 0 Å². The van der Waals surface area contributed by atoms with E-state index < -0.39 is 20.8 Å². The monoisotopic (exact) mass is 920 g/mol. The van der Waals surface area contributed by atoms with Crippen molar-refractivity contribution >= 4 is 48.1 Å². The van der Waals surface area contributed by atoms with Crippen LogP contribution in [0.15, 0.2) is 121 Å². The molecular weight excluding hydrogens is 863 g/mol. The molecule has 0 aromatic heterocycles. The van der Waals surface area contributed by atoms with Crippen LogP contribution < -0.4 is 0 Å². The Morgan fingerprint density at radius 3 is 0.850 bits per heavy atom. The van der Waals surface area contributed by atoms with E-state index >= 15 is 0 Å². The van der Waals surface area contributed by atoms with E-state index in [-0.39, 0.29) is 0 Å². The molecule has 0 saturated carbocycles. The first-order chi connectivity index (χ1) is 28.7. The molecule has 0 aliphatic heterocycles. The summed E-state index contributed by atoms with van der Waals surface area (Å²) in [5.74, 6) is 0. The van der Waals surface area contributed by atoms with Gasteiger partial charge in [0, 0.05) is 9.52 Å². The van der Waals surface area contributed by atoms with Gasteiger partial charge in [-0.2, -0.15) is 12.1 Å². The summed E-state index contributed by atoms with van der Waals surface area (Å²) >= 11 is -0.826. The minimum atomic E-state index is -0.826. The summed E-state index contributed by atoms with van der Waals surface area (Å²) in [6, 6.07) is 46.2. The normalized spacial score (nSPS) is 10.6. The molecule has 0 aliphatic rings. The number of fused-ring (bicyclic) bond motifs is 2. The Morgan fingerprint density at radius 2 is 0.617 bits per heavy atom. The Kier molecular flexibility index (Phi) is 17.2. The van der Waals surface area contributed by atoms with Crippen LogP contribution in [0, 0.1) is 55.4 Å².